The van der Waals surface area contributed by atoms with Crippen molar-refractivity contribution < 1.29 is 53.1 Å². The molecule has 1 aliphatic rings. The van der Waals surface area contributed by atoms with E-state index in [1.807, 2.05) is 0 Å². The Morgan fingerprint density at radius 1 is 1.21 bits per heavy atom. The molecule has 33 heavy (non-hydrogen) atoms. The van der Waals surface area contributed by atoms with Crippen LogP contribution in [0.3, 0.4) is 0 Å². The maximum Gasteiger partial charge on any atom is 0.460 e. The van der Waals surface area contributed by atoms with Crippen LogP contribution in [0.2, 0.25) is 0 Å². The molecule has 2 rings (SSSR count). The number of alkyl halides is 7. The molecule has 18 heteroatoms. The molecule has 8 nitrogen and oxygen atoms in total. The molecule has 1 aromatic carbocycles. The highest BCUT2D eigenvalue weighted by Gasteiger charge is 2.73. The van der Waals surface area contributed by atoms with Gasteiger partial charge in [-0.2, -0.15) is 30.7 Å². The van der Waals surface area contributed by atoms with E-state index in [0.29, 0.717) is 12.1 Å². The number of nitro benzene ring substituents is 1. The number of benzene rings is 1. The molecule has 0 saturated carbocycles. The molecule has 1 amide bonds. The third-order valence-electron chi connectivity index (χ3n) is 4.20. The number of nitrogens with one attached hydrogen (secondary N) is 1. The van der Waals surface area contributed by atoms with Crippen molar-refractivity contribution in [3.05, 3.63) is 28.3 Å². The molecule has 1 N–H and O–H groups in total. The van der Waals surface area contributed by atoms with E-state index in [1.165, 1.54) is 0 Å². The minimum atomic E-state index is -6.59. The first-order valence-electron chi connectivity index (χ1n) is 8.54. The van der Waals surface area contributed by atoms with E-state index in [9.17, 15) is 58.3 Å². The lowest BCUT2D eigenvalue weighted by Gasteiger charge is -2.27. The molecular weight excluding hydrogens is 533 g/mol. The average Bonchev–Trinajstić information content (AvgIpc) is 2.98. The van der Waals surface area contributed by atoms with Gasteiger partial charge in [0.2, 0.25) is 5.91 Å². The number of hydrogen-bond donors (Lipinski definition) is 1. The number of hydrogen-bond acceptors (Lipinski definition) is 7. The molecule has 0 bridgehead atoms. The van der Waals surface area contributed by atoms with Gasteiger partial charge in [0.25, 0.3) is 5.69 Å². The number of sulfone groups is 1. The largest absolute Gasteiger partial charge is 0.460 e. The van der Waals surface area contributed by atoms with E-state index in [4.69, 9.17) is 0 Å². The first-order valence-corrected chi connectivity index (χ1v) is 12.5. The van der Waals surface area contributed by atoms with Crippen molar-refractivity contribution in [2.24, 2.45) is 0 Å². The lowest BCUT2D eigenvalue weighted by atomic mass is 10.3. The van der Waals surface area contributed by atoms with Gasteiger partial charge in [-0.3, -0.25) is 19.1 Å². The molecule has 1 saturated heterocycles. The first-order chi connectivity index (χ1) is 14.9. The van der Waals surface area contributed by atoms with Crippen LogP contribution in [0.4, 0.5) is 36.4 Å². The van der Waals surface area contributed by atoms with E-state index >= 15 is 0 Å². The van der Waals surface area contributed by atoms with Crippen LogP contribution in [-0.2, 0) is 25.4 Å². The summed E-state index contributed by atoms with van der Waals surface area (Å²) in [6.45, 7) is 0. The lowest BCUT2D eigenvalue weighted by molar-refractivity contribution is -0.388. The Balaban J connectivity index is 2.20. The van der Waals surface area contributed by atoms with Gasteiger partial charge >= 0.3 is 17.4 Å². The van der Waals surface area contributed by atoms with Crippen LogP contribution in [0.15, 0.2) is 28.0 Å². The van der Waals surface area contributed by atoms with Gasteiger partial charge in [-0.1, -0.05) is 0 Å². The zero-order valence-corrected chi connectivity index (χ0v) is 18.4. The van der Waals surface area contributed by atoms with Gasteiger partial charge in [0.15, 0.2) is 9.84 Å². The quantitative estimate of drug-likeness (QED) is 0.230. The predicted octanol–water partition coefficient (Wildman–Crippen LogP) is 2.89. The molecule has 1 aliphatic heterocycles. The maximum atomic E-state index is 13.6. The molecule has 186 valence electrons. The van der Waals surface area contributed by atoms with Crippen LogP contribution in [0.25, 0.3) is 0 Å². The average molecular weight is 546 g/mol. The summed E-state index contributed by atoms with van der Waals surface area (Å²) in [4.78, 5) is 20.2. The van der Waals surface area contributed by atoms with Gasteiger partial charge < -0.3 is 5.32 Å². The Labute approximate surface area is 187 Å². The molecule has 0 spiro atoms. The minimum absolute atomic E-state index is 0.101. The monoisotopic (exact) mass is 546 g/mol. The van der Waals surface area contributed by atoms with Crippen LogP contribution >= 0.6 is 11.8 Å². The number of carbonyl (C=O) groups is 1. The van der Waals surface area contributed by atoms with Gasteiger partial charge in [-0.25, -0.2) is 8.42 Å². The summed E-state index contributed by atoms with van der Waals surface area (Å²) in [6.07, 6.45) is -6.49. The van der Waals surface area contributed by atoms with Crippen LogP contribution < -0.4 is 5.32 Å². The van der Waals surface area contributed by atoms with E-state index in [0.717, 1.165) is 0 Å². The summed E-state index contributed by atoms with van der Waals surface area (Å²) in [5.74, 6) is -8.80. The Morgan fingerprint density at radius 3 is 2.30 bits per heavy atom. The molecule has 0 aliphatic carbocycles. The van der Waals surface area contributed by atoms with E-state index < -0.39 is 87.9 Å². The third kappa shape index (κ3) is 6.34. The maximum absolute atomic E-state index is 13.6. The fourth-order valence-corrected chi connectivity index (χ4v) is 6.23. The third-order valence-corrected chi connectivity index (χ3v) is 8.33. The highest BCUT2D eigenvalue weighted by Crippen LogP contribution is 2.54. The van der Waals surface area contributed by atoms with Crippen LogP contribution in [0.5, 0.6) is 0 Å². The van der Waals surface area contributed by atoms with Crippen LogP contribution in [0.1, 0.15) is 6.42 Å². The number of halogens is 7. The number of amides is 1. The smallest absolute Gasteiger partial charge is 0.352 e. The zero-order valence-electron chi connectivity index (χ0n) is 15.9. The summed E-state index contributed by atoms with van der Waals surface area (Å²) in [5.41, 5.74) is -1.15. The summed E-state index contributed by atoms with van der Waals surface area (Å²) < 4.78 is 125. The number of nitro groups is 1. The summed E-state index contributed by atoms with van der Waals surface area (Å²) in [6, 6.07) is 0.587. The fourth-order valence-electron chi connectivity index (χ4n) is 2.65. The first kappa shape index (κ1) is 27.3. The van der Waals surface area contributed by atoms with E-state index in [-0.39, 0.29) is 24.0 Å². The molecule has 0 radical (unpaired) electrons. The fraction of sp³-hybridized carbons (Fsp3) is 0.533. The van der Waals surface area contributed by atoms with Crippen LogP contribution in [-0.4, -0.2) is 64.1 Å². The van der Waals surface area contributed by atoms with Gasteiger partial charge in [0.05, 0.1) is 27.2 Å². The molecule has 1 aromatic rings. The number of nitrogens with zero attached hydrogens (tertiary/aromatic N) is 1. The van der Waals surface area contributed by atoms with Gasteiger partial charge in [-0.05, 0) is 30.3 Å². The number of rotatable bonds is 8. The van der Waals surface area contributed by atoms with Crippen molar-refractivity contribution in [1.29, 1.82) is 0 Å². The molecule has 1 fully saturated rings. The predicted molar refractivity (Wildman–Crippen MR) is 101 cm³/mol. The van der Waals surface area contributed by atoms with Gasteiger partial charge in [0, 0.05) is 17.0 Å². The van der Waals surface area contributed by atoms with Crippen molar-refractivity contribution in [3.63, 3.8) is 0 Å². The molecule has 0 aromatic heterocycles. The molecule has 2 atom stereocenters. The van der Waals surface area contributed by atoms with Crippen molar-refractivity contribution >= 4 is 44.0 Å². The normalized spacial score (nSPS) is 19.8. The van der Waals surface area contributed by atoms with Crippen molar-refractivity contribution in [1.82, 2.24) is 5.32 Å². The summed E-state index contributed by atoms with van der Waals surface area (Å²) >= 11 is -1.28. The summed E-state index contributed by atoms with van der Waals surface area (Å²) in [7, 11) is -5.80. The standard InChI is InChI=1S/C15H13F7N2O6S3/c16-13(17,14(18,19)20)15(21,22)31-9-1-2-11(10(5-9)24(26)27)32(28)6-12(25)23-8-3-4-33(29,30)7-8/h1-2,5,8H,3-4,6-7H2,(H,23,25)/t8-,32+/m1/s1. The second-order valence-electron chi connectivity index (χ2n) is 6.73. The summed E-state index contributed by atoms with van der Waals surface area (Å²) in [5, 5.41) is 7.78. The Bertz CT molecular complexity index is 1080. The molecule has 0 unspecified atom stereocenters. The Hall–Kier alpha value is -1.95. The van der Waals surface area contributed by atoms with Gasteiger partial charge in [-0.15, -0.1) is 0 Å². The molecule has 1 heterocycles. The molecular formula is C15H13F7N2O6S3. The second-order valence-corrected chi connectivity index (χ2v) is 11.6. The SMILES string of the molecule is O=C(C[S@](=O)c1ccc(SC(F)(F)C(F)(F)C(F)(F)F)cc1[N+](=O)[O-])N[C@@H]1CCS(=O)(=O)C1. The Kier molecular flexibility index (Phi) is 7.74. The Morgan fingerprint density at radius 2 is 1.82 bits per heavy atom. The minimum Gasteiger partial charge on any atom is -0.352 e. The highest BCUT2D eigenvalue weighted by atomic mass is 32.2. The topological polar surface area (TPSA) is 123 Å². The number of carbonyl (C=O) groups excluding carboxylic acids is 1. The van der Waals surface area contributed by atoms with E-state index in [2.05, 4.69) is 5.32 Å². The second kappa shape index (κ2) is 9.36. The van der Waals surface area contributed by atoms with Crippen molar-refractivity contribution in [3.8, 4) is 0 Å². The zero-order chi connectivity index (χ0) is 25.4. The van der Waals surface area contributed by atoms with Crippen LogP contribution in [0, 0.1) is 10.1 Å². The van der Waals surface area contributed by atoms with Crippen molar-refractivity contribution in [2.45, 2.75) is 39.6 Å². The highest BCUT2D eigenvalue weighted by molar-refractivity contribution is 8.00. The van der Waals surface area contributed by atoms with Gasteiger partial charge in [0.1, 0.15) is 10.6 Å². The number of thioether (sulfide) groups is 1. The van der Waals surface area contributed by atoms with Crippen molar-refractivity contribution in [2.75, 3.05) is 17.3 Å². The lowest BCUT2D eigenvalue weighted by Crippen LogP contribution is -2.49. The van der Waals surface area contributed by atoms with E-state index in [1.54, 1.807) is 0 Å².